The van der Waals surface area contributed by atoms with E-state index in [2.05, 4.69) is 4.98 Å². The van der Waals surface area contributed by atoms with Gasteiger partial charge in [0.25, 0.3) is 0 Å². The lowest BCUT2D eigenvalue weighted by Crippen LogP contribution is -2.03. The molecule has 0 saturated carbocycles. The highest BCUT2D eigenvalue weighted by Gasteiger charge is 2.05. The van der Waals surface area contributed by atoms with Crippen molar-refractivity contribution in [1.82, 2.24) is 4.98 Å². The summed E-state index contributed by atoms with van der Waals surface area (Å²) in [6.45, 7) is 0. The standard InChI is InChI=1S/C16H10FNO2/c17-12-7-8-14-13(10-12)16(19)20-15(18-14)9-6-11-4-2-1-3-5-11/h1-10H/b9-6+. The van der Waals surface area contributed by atoms with Gasteiger partial charge in [0.1, 0.15) is 5.82 Å². The van der Waals surface area contributed by atoms with Crippen LogP contribution in [0.15, 0.2) is 57.7 Å². The molecule has 0 aliphatic carbocycles. The molecule has 0 unspecified atom stereocenters. The maximum atomic E-state index is 13.1. The molecular weight excluding hydrogens is 257 g/mol. The molecule has 0 spiro atoms. The number of fused-ring (bicyclic) bond motifs is 1. The minimum Gasteiger partial charge on any atom is -0.404 e. The topological polar surface area (TPSA) is 43.1 Å². The maximum Gasteiger partial charge on any atom is 0.347 e. The fraction of sp³-hybridized carbons (Fsp3) is 0. The lowest BCUT2D eigenvalue weighted by Gasteiger charge is -1.97. The number of rotatable bonds is 2. The molecule has 0 aliphatic heterocycles. The first kappa shape index (κ1) is 12.3. The van der Waals surface area contributed by atoms with Gasteiger partial charge >= 0.3 is 5.63 Å². The van der Waals surface area contributed by atoms with Crippen LogP contribution in [0.3, 0.4) is 0 Å². The average molecular weight is 267 g/mol. The van der Waals surface area contributed by atoms with Crippen molar-refractivity contribution in [3.63, 3.8) is 0 Å². The van der Waals surface area contributed by atoms with Gasteiger partial charge in [-0.2, -0.15) is 0 Å². The Morgan fingerprint density at radius 1 is 1.05 bits per heavy atom. The van der Waals surface area contributed by atoms with E-state index in [1.165, 1.54) is 12.1 Å². The van der Waals surface area contributed by atoms with Crippen molar-refractivity contribution < 1.29 is 8.81 Å². The summed E-state index contributed by atoms with van der Waals surface area (Å²) in [6.07, 6.45) is 3.40. The zero-order chi connectivity index (χ0) is 13.9. The normalized spacial score (nSPS) is 11.2. The smallest absolute Gasteiger partial charge is 0.347 e. The Labute approximate surface area is 114 Å². The molecule has 1 aromatic heterocycles. The third-order valence-electron chi connectivity index (χ3n) is 2.82. The molecule has 0 aliphatic rings. The van der Waals surface area contributed by atoms with Crippen LogP contribution in [-0.4, -0.2) is 4.98 Å². The van der Waals surface area contributed by atoms with Crippen LogP contribution in [0.2, 0.25) is 0 Å². The van der Waals surface area contributed by atoms with Gasteiger partial charge in [0.15, 0.2) is 0 Å². The first-order valence-corrected chi connectivity index (χ1v) is 6.06. The Kier molecular flexibility index (Phi) is 3.13. The van der Waals surface area contributed by atoms with Crippen LogP contribution in [0, 0.1) is 5.82 Å². The predicted molar refractivity (Wildman–Crippen MR) is 75.6 cm³/mol. The molecule has 0 radical (unpaired) electrons. The molecule has 20 heavy (non-hydrogen) atoms. The van der Waals surface area contributed by atoms with E-state index in [4.69, 9.17) is 4.42 Å². The van der Waals surface area contributed by atoms with Gasteiger partial charge in [-0.05, 0) is 29.8 Å². The molecule has 98 valence electrons. The van der Waals surface area contributed by atoms with Crippen molar-refractivity contribution in [2.75, 3.05) is 0 Å². The molecule has 3 nitrogen and oxygen atoms in total. The van der Waals surface area contributed by atoms with E-state index in [0.717, 1.165) is 11.6 Å². The Morgan fingerprint density at radius 3 is 2.65 bits per heavy atom. The number of benzene rings is 2. The van der Waals surface area contributed by atoms with Gasteiger partial charge in [-0.25, -0.2) is 14.2 Å². The lowest BCUT2D eigenvalue weighted by atomic mass is 10.2. The van der Waals surface area contributed by atoms with Crippen molar-refractivity contribution in [2.24, 2.45) is 0 Å². The third kappa shape index (κ3) is 2.49. The first-order valence-electron chi connectivity index (χ1n) is 6.06. The predicted octanol–water partition coefficient (Wildman–Crippen LogP) is 3.50. The van der Waals surface area contributed by atoms with Gasteiger partial charge in [0, 0.05) is 6.08 Å². The second-order valence-electron chi connectivity index (χ2n) is 4.25. The van der Waals surface area contributed by atoms with E-state index in [0.29, 0.717) is 5.52 Å². The van der Waals surface area contributed by atoms with E-state index in [1.54, 1.807) is 12.2 Å². The Bertz CT molecular complexity index is 838. The van der Waals surface area contributed by atoms with E-state index < -0.39 is 11.4 Å². The van der Waals surface area contributed by atoms with E-state index in [1.807, 2.05) is 30.3 Å². The summed E-state index contributed by atoms with van der Waals surface area (Å²) in [5.74, 6) is -0.294. The van der Waals surface area contributed by atoms with Gasteiger partial charge in [-0.3, -0.25) is 0 Å². The minimum atomic E-state index is -0.595. The number of hydrogen-bond acceptors (Lipinski definition) is 3. The van der Waals surface area contributed by atoms with E-state index >= 15 is 0 Å². The Morgan fingerprint density at radius 2 is 1.85 bits per heavy atom. The highest BCUT2D eigenvalue weighted by atomic mass is 19.1. The second-order valence-corrected chi connectivity index (χ2v) is 4.25. The third-order valence-corrected chi connectivity index (χ3v) is 2.82. The summed E-state index contributed by atoms with van der Waals surface area (Å²) in [7, 11) is 0. The highest BCUT2D eigenvalue weighted by molar-refractivity contribution is 5.78. The van der Waals surface area contributed by atoms with Crippen molar-refractivity contribution in [3.8, 4) is 0 Å². The summed E-state index contributed by atoms with van der Waals surface area (Å²) in [5, 5.41) is 0.141. The highest BCUT2D eigenvalue weighted by Crippen LogP contribution is 2.12. The molecule has 0 bridgehead atoms. The summed E-state index contributed by atoms with van der Waals surface area (Å²) in [6, 6.07) is 13.4. The summed E-state index contributed by atoms with van der Waals surface area (Å²) in [5.41, 5.74) is 0.786. The molecular formula is C16H10FNO2. The van der Waals surface area contributed by atoms with Crippen LogP contribution in [0.5, 0.6) is 0 Å². The number of hydrogen-bond donors (Lipinski definition) is 0. The van der Waals surface area contributed by atoms with Crippen LogP contribution < -0.4 is 5.63 Å². The van der Waals surface area contributed by atoms with Gasteiger partial charge in [0.2, 0.25) is 5.89 Å². The van der Waals surface area contributed by atoms with Crippen molar-refractivity contribution in [2.45, 2.75) is 0 Å². The summed E-state index contributed by atoms with van der Waals surface area (Å²) in [4.78, 5) is 15.9. The van der Waals surface area contributed by atoms with Gasteiger partial charge in [0.05, 0.1) is 10.9 Å². The number of aromatic nitrogens is 1. The summed E-state index contributed by atoms with van der Waals surface area (Å²) < 4.78 is 18.1. The number of nitrogens with zero attached hydrogens (tertiary/aromatic N) is 1. The Balaban J connectivity index is 2.03. The Hall–Kier alpha value is -2.75. The molecule has 1 heterocycles. The largest absolute Gasteiger partial charge is 0.404 e. The fourth-order valence-electron chi connectivity index (χ4n) is 1.86. The van der Waals surface area contributed by atoms with Crippen LogP contribution in [0.4, 0.5) is 4.39 Å². The van der Waals surface area contributed by atoms with Crippen LogP contribution in [0.25, 0.3) is 23.1 Å². The van der Waals surface area contributed by atoms with Gasteiger partial charge in [-0.15, -0.1) is 0 Å². The van der Waals surface area contributed by atoms with E-state index in [9.17, 15) is 9.18 Å². The lowest BCUT2D eigenvalue weighted by molar-refractivity contribution is 0.490. The van der Waals surface area contributed by atoms with Crippen molar-refractivity contribution in [1.29, 1.82) is 0 Å². The van der Waals surface area contributed by atoms with Crippen molar-refractivity contribution >= 4 is 23.1 Å². The fourth-order valence-corrected chi connectivity index (χ4v) is 1.86. The molecule has 0 fully saturated rings. The number of halogens is 1. The maximum absolute atomic E-state index is 13.1. The molecule has 0 atom stereocenters. The molecule has 0 saturated heterocycles. The zero-order valence-electron chi connectivity index (χ0n) is 10.4. The van der Waals surface area contributed by atoms with Crippen molar-refractivity contribution in [3.05, 3.63) is 76.2 Å². The van der Waals surface area contributed by atoms with Gasteiger partial charge < -0.3 is 4.42 Å². The molecule has 2 aromatic carbocycles. The molecule has 4 heteroatoms. The molecule has 0 amide bonds. The average Bonchev–Trinajstić information content (AvgIpc) is 2.47. The molecule has 3 aromatic rings. The van der Waals surface area contributed by atoms with Crippen LogP contribution >= 0.6 is 0 Å². The van der Waals surface area contributed by atoms with Crippen LogP contribution in [-0.2, 0) is 0 Å². The van der Waals surface area contributed by atoms with Gasteiger partial charge in [-0.1, -0.05) is 30.3 Å². The SMILES string of the molecule is O=c1oc(/C=C/c2ccccc2)nc2ccc(F)cc12. The molecule has 3 rings (SSSR count). The molecule has 0 N–H and O–H groups in total. The van der Waals surface area contributed by atoms with E-state index in [-0.39, 0.29) is 11.3 Å². The monoisotopic (exact) mass is 267 g/mol. The zero-order valence-corrected chi connectivity index (χ0v) is 10.4. The minimum absolute atomic E-state index is 0.141. The quantitative estimate of drug-likeness (QED) is 0.713. The first-order chi connectivity index (χ1) is 9.72. The second kappa shape index (κ2) is 5.09. The van der Waals surface area contributed by atoms with Crippen LogP contribution in [0.1, 0.15) is 11.5 Å². The summed E-state index contributed by atoms with van der Waals surface area (Å²) >= 11 is 0.